The third kappa shape index (κ3) is 5.24. The van der Waals surface area contributed by atoms with Crippen molar-refractivity contribution in [2.75, 3.05) is 26.0 Å². The smallest absolute Gasteiger partial charge is 0.276 e. The van der Waals surface area contributed by atoms with Crippen molar-refractivity contribution in [1.29, 1.82) is 0 Å². The molecule has 8 nitrogen and oxygen atoms in total. The van der Waals surface area contributed by atoms with Gasteiger partial charge in [0.2, 0.25) is 0 Å². The number of carbonyl (C=O) groups is 2. The molecule has 4 aromatic rings. The van der Waals surface area contributed by atoms with E-state index < -0.39 is 0 Å². The molecule has 0 fully saturated rings. The van der Waals surface area contributed by atoms with E-state index in [2.05, 4.69) is 10.4 Å². The van der Waals surface area contributed by atoms with E-state index in [1.54, 1.807) is 79.6 Å². The molecule has 33 heavy (non-hydrogen) atoms. The van der Waals surface area contributed by atoms with Crippen LogP contribution in [0.4, 0.5) is 5.69 Å². The van der Waals surface area contributed by atoms with E-state index in [0.717, 1.165) is 5.69 Å². The molecule has 0 saturated heterocycles. The molecule has 0 bridgehead atoms. The monoisotopic (exact) mass is 464 g/mol. The molecule has 2 amide bonds. The van der Waals surface area contributed by atoms with Gasteiger partial charge in [-0.15, -0.1) is 0 Å². The Morgan fingerprint density at radius 1 is 1.09 bits per heavy atom. The average Bonchev–Trinajstić information content (AvgIpc) is 3.49. The first-order valence-corrected chi connectivity index (χ1v) is 10.4. The number of ether oxygens (including phenoxy) is 1. The summed E-state index contributed by atoms with van der Waals surface area (Å²) in [5.74, 6) is 0.573. The number of nitrogens with zero attached hydrogens (tertiary/aromatic N) is 3. The molecule has 9 heteroatoms. The van der Waals surface area contributed by atoms with Gasteiger partial charge in [0.25, 0.3) is 11.8 Å². The van der Waals surface area contributed by atoms with Crippen LogP contribution in [0.1, 0.15) is 10.5 Å². The zero-order chi connectivity index (χ0) is 23.4. The Morgan fingerprint density at radius 2 is 1.82 bits per heavy atom. The normalized spacial score (nSPS) is 10.6. The number of benzene rings is 2. The maximum absolute atomic E-state index is 12.9. The van der Waals surface area contributed by atoms with Crippen LogP contribution in [-0.2, 0) is 4.79 Å². The summed E-state index contributed by atoms with van der Waals surface area (Å²) in [4.78, 5) is 26.0. The Morgan fingerprint density at radius 3 is 2.45 bits per heavy atom. The molecule has 0 aliphatic carbocycles. The van der Waals surface area contributed by atoms with Crippen molar-refractivity contribution < 1.29 is 18.7 Å². The van der Waals surface area contributed by atoms with Gasteiger partial charge in [0.1, 0.15) is 11.4 Å². The predicted octanol–water partition coefficient (Wildman–Crippen LogP) is 4.51. The van der Waals surface area contributed by atoms with E-state index in [4.69, 9.17) is 20.8 Å². The maximum Gasteiger partial charge on any atom is 0.276 e. The summed E-state index contributed by atoms with van der Waals surface area (Å²) in [6, 6.07) is 19.1. The van der Waals surface area contributed by atoms with Gasteiger partial charge in [-0.2, -0.15) is 5.10 Å². The number of furan rings is 1. The average molecular weight is 465 g/mol. The molecule has 4 rings (SSSR count). The zero-order valence-electron chi connectivity index (χ0n) is 18.0. The van der Waals surface area contributed by atoms with Crippen LogP contribution < -0.4 is 10.1 Å². The molecule has 0 atom stereocenters. The van der Waals surface area contributed by atoms with Gasteiger partial charge in [0.05, 0.1) is 12.0 Å². The first-order valence-electron chi connectivity index (χ1n) is 10.0. The predicted molar refractivity (Wildman–Crippen MR) is 125 cm³/mol. The van der Waals surface area contributed by atoms with Gasteiger partial charge < -0.3 is 19.4 Å². The highest BCUT2D eigenvalue weighted by Crippen LogP contribution is 2.26. The second-order valence-corrected chi connectivity index (χ2v) is 7.77. The number of anilines is 1. The number of aromatic nitrogens is 2. The van der Waals surface area contributed by atoms with Crippen LogP contribution >= 0.6 is 11.6 Å². The van der Waals surface area contributed by atoms with Crippen LogP contribution in [-0.4, -0.2) is 47.2 Å². The van der Waals surface area contributed by atoms with Gasteiger partial charge in [0.15, 0.2) is 18.1 Å². The molecule has 2 heterocycles. The Hall–Kier alpha value is -4.04. The molecule has 0 saturated carbocycles. The summed E-state index contributed by atoms with van der Waals surface area (Å²) in [7, 11) is 3.33. The largest absolute Gasteiger partial charge is 0.484 e. The number of hydrogen-bond donors (Lipinski definition) is 1. The Kier molecular flexibility index (Phi) is 6.46. The van der Waals surface area contributed by atoms with Crippen molar-refractivity contribution in [2.24, 2.45) is 0 Å². The minimum absolute atomic E-state index is 0.0591. The van der Waals surface area contributed by atoms with Crippen molar-refractivity contribution in [3.63, 3.8) is 0 Å². The Bertz CT molecular complexity index is 1250. The minimum Gasteiger partial charge on any atom is -0.484 e. The van der Waals surface area contributed by atoms with Crippen LogP contribution in [0.2, 0.25) is 5.02 Å². The number of carbonyl (C=O) groups excluding carboxylic acids is 2. The van der Waals surface area contributed by atoms with Crippen molar-refractivity contribution in [3.8, 4) is 22.9 Å². The quantitative estimate of drug-likeness (QED) is 0.435. The van der Waals surface area contributed by atoms with Crippen LogP contribution in [0.3, 0.4) is 0 Å². The molecule has 0 spiro atoms. The van der Waals surface area contributed by atoms with E-state index in [1.165, 1.54) is 4.90 Å². The molecule has 0 aliphatic rings. The number of likely N-dealkylation sites (N-methyl/N-ethyl adjacent to an activating group) is 1. The van der Waals surface area contributed by atoms with Gasteiger partial charge in [-0.3, -0.25) is 9.59 Å². The van der Waals surface area contributed by atoms with E-state index in [1.807, 2.05) is 12.1 Å². The third-order valence-electron chi connectivity index (χ3n) is 4.76. The fourth-order valence-corrected chi connectivity index (χ4v) is 3.10. The number of halogens is 1. The number of hydrogen-bond acceptors (Lipinski definition) is 5. The fraction of sp³-hybridized carbons (Fsp3) is 0.125. The molecule has 2 aromatic carbocycles. The highest BCUT2D eigenvalue weighted by atomic mass is 35.5. The van der Waals surface area contributed by atoms with Gasteiger partial charge >= 0.3 is 0 Å². The fourth-order valence-electron chi connectivity index (χ4n) is 2.97. The lowest BCUT2D eigenvalue weighted by Gasteiger charge is -2.11. The Labute approximate surface area is 195 Å². The van der Waals surface area contributed by atoms with Crippen molar-refractivity contribution in [2.45, 2.75) is 0 Å². The lowest BCUT2D eigenvalue weighted by molar-refractivity contribution is -0.130. The summed E-state index contributed by atoms with van der Waals surface area (Å²) >= 11 is 6.00. The second kappa shape index (κ2) is 9.62. The van der Waals surface area contributed by atoms with E-state index in [9.17, 15) is 9.59 Å². The minimum atomic E-state index is -0.382. The van der Waals surface area contributed by atoms with Gasteiger partial charge in [-0.1, -0.05) is 11.6 Å². The van der Waals surface area contributed by atoms with Gasteiger partial charge in [-0.05, 0) is 60.7 Å². The zero-order valence-corrected chi connectivity index (χ0v) is 18.7. The lowest BCUT2D eigenvalue weighted by atomic mass is 10.2. The summed E-state index contributed by atoms with van der Waals surface area (Å²) < 4.78 is 12.6. The maximum atomic E-state index is 12.9. The highest BCUT2D eigenvalue weighted by molar-refractivity contribution is 6.30. The summed E-state index contributed by atoms with van der Waals surface area (Å²) in [6.45, 7) is -0.0591. The molecule has 2 aromatic heterocycles. The molecule has 0 aliphatic heterocycles. The Balaban J connectivity index is 1.52. The summed E-state index contributed by atoms with van der Waals surface area (Å²) in [5.41, 5.74) is 2.14. The standard InChI is InChI=1S/C24H21ClN4O4/c1-28(2)23(30)15-33-19-11-7-17(8-12-19)26-24(31)20-14-21(22-4-3-13-32-22)29(27-20)18-9-5-16(25)6-10-18/h3-14H,15H2,1-2H3,(H,26,31). The van der Waals surface area contributed by atoms with Gasteiger partial charge in [-0.25, -0.2) is 4.68 Å². The van der Waals surface area contributed by atoms with E-state index in [0.29, 0.717) is 27.9 Å². The second-order valence-electron chi connectivity index (χ2n) is 7.34. The summed E-state index contributed by atoms with van der Waals surface area (Å²) in [6.07, 6.45) is 1.56. The number of amides is 2. The van der Waals surface area contributed by atoms with E-state index in [-0.39, 0.29) is 24.1 Å². The summed E-state index contributed by atoms with van der Waals surface area (Å²) in [5, 5.41) is 7.90. The number of rotatable bonds is 7. The van der Waals surface area contributed by atoms with Gasteiger partial charge in [0, 0.05) is 30.9 Å². The lowest BCUT2D eigenvalue weighted by Crippen LogP contribution is -2.27. The molecular weight excluding hydrogens is 444 g/mol. The van der Waals surface area contributed by atoms with Crippen molar-refractivity contribution in [1.82, 2.24) is 14.7 Å². The first-order chi connectivity index (χ1) is 15.9. The first kappa shape index (κ1) is 22.2. The molecule has 168 valence electrons. The van der Waals surface area contributed by atoms with Crippen LogP contribution in [0, 0.1) is 0 Å². The molecule has 1 N–H and O–H groups in total. The highest BCUT2D eigenvalue weighted by Gasteiger charge is 2.18. The topological polar surface area (TPSA) is 89.6 Å². The van der Waals surface area contributed by atoms with E-state index >= 15 is 0 Å². The molecule has 0 radical (unpaired) electrons. The van der Waals surface area contributed by atoms with Crippen molar-refractivity contribution >= 4 is 29.1 Å². The third-order valence-corrected chi connectivity index (χ3v) is 5.01. The number of nitrogens with one attached hydrogen (secondary N) is 1. The van der Waals surface area contributed by atoms with Crippen LogP contribution in [0.15, 0.2) is 77.4 Å². The van der Waals surface area contributed by atoms with Crippen LogP contribution in [0.5, 0.6) is 5.75 Å². The molecular formula is C24H21ClN4O4. The molecule has 0 unspecified atom stereocenters. The van der Waals surface area contributed by atoms with Crippen molar-refractivity contribution in [3.05, 3.63) is 83.7 Å². The SMILES string of the molecule is CN(C)C(=O)COc1ccc(NC(=O)c2cc(-c3ccco3)n(-c3ccc(Cl)cc3)n2)cc1. The van der Waals surface area contributed by atoms with Crippen LogP contribution in [0.25, 0.3) is 17.1 Å².